The highest BCUT2D eigenvalue weighted by atomic mass is 35.5. The molecule has 0 aliphatic heterocycles. The van der Waals surface area contributed by atoms with Crippen LogP contribution in [0.3, 0.4) is 0 Å². The second kappa shape index (κ2) is 8.94. The van der Waals surface area contributed by atoms with Crippen LogP contribution in [0.15, 0.2) is 69.3 Å². The van der Waals surface area contributed by atoms with Gasteiger partial charge in [-0.2, -0.15) is 0 Å². The van der Waals surface area contributed by atoms with Crippen LogP contribution in [0.1, 0.15) is 30.9 Å². The zero-order chi connectivity index (χ0) is 23.8. The summed E-state index contributed by atoms with van der Waals surface area (Å²) in [7, 11) is -8.23. The van der Waals surface area contributed by atoms with Gasteiger partial charge < -0.3 is 5.11 Å². The van der Waals surface area contributed by atoms with Crippen molar-refractivity contribution in [3.8, 4) is 5.75 Å². The standard InChI is InChI=1S/C22H21Cl2NO5S2/c1-13(2)19-12-20(25-32(29,30)18-10-6-16(24)7-11-18)14(3)22(21(19)26)31(27,28)17-8-4-15(23)5-9-17/h4-13,25-26H,1-3H3. The highest BCUT2D eigenvalue weighted by molar-refractivity contribution is 7.93. The smallest absolute Gasteiger partial charge is 0.261 e. The SMILES string of the molecule is Cc1c(NS(=O)(=O)c2ccc(Cl)cc2)cc(C(C)C)c(O)c1S(=O)(=O)c1ccc(Cl)cc1. The minimum Gasteiger partial charge on any atom is -0.506 e. The summed E-state index contributed by atoms with van der Waals surface area (Å²) in [6, 6.07) is 12.5. The third kappa shape index (κ3) is 4.73. The van der Waals surface area contributed by atoms with Gasteiger partial charge in [-0.25, -0.2) is 16.8 Å². The van der Waals surface area contributed by atoms with E-state index in [4.69, 9.17) is 23.2 Å². The molecular formula is C22H21Cl2NO5S2. The molecule has 0 saturated carbocycles. The van der Waals surface area contributed by atoms with Gasteiger partial charge in [0, 0.05) is 10.0 Å². The summed E-state index contributed by atoms with van der Waals surface area (Å²) >= 11 is 11.7. The van der Waals surface area contributed by atoms with Crippen LogP contribution in [-0.4, -0.2) is 21.9 Å². The number of benzene rings is 3. The Labute approximate surface area is 197 Å². The van der Waals surface area contributed by atoms with E-state index in [-0.39, 0.29) is 37.4 Å². The molecule has 3 aromatic carbocycles. The van der Waals surface area contributed by atoms with Gasteiger partial charge >= 0.3 is 0 Å². The van der Waals surface area contributed by atoms with Crippen molar-refractivity contribution < 1.29 is 21.9 Å². The van der Waals surface area contributed by atoms with Gasteiger partial charge in [0.2, 0.25) is 9.84 Å². The lowest BCUT2D eigenvalue weighted by molar-refractivity contribution is 0.447. The van der Waals surface area contributed by atoms with Crippen molar-refractivity contribution in [3.05, 3.63) is 75.8 Å². The normalized spacial score (nSPS) is 12.2. The zero-order valence-corrected chi connectivity index (χ0v) is 20.6. The van der Waals surface area contributed by atoms with Crippen LogP contribution in [0.25, 0.3) is 0 Å². The zero-order valence-electron chi connectivity index (χ0n) is 17.4. The van der Waals surface area contributed by atoms with Gasteiger partial charge in [-0.05, 0) is 78.6 Å². The number of nitrogens with one attached hydrogen (secondary N) is 1. The maximum Gasteiger partial charge on any atom is 0.261 e. The predicted octanol–water partition coefficient (Wildman–Crippen LogP) is 5.76. The van der Waals surface area contributed by atoms with Crippen molar-refractivity contribution >= 4 is 48.7 Å². The molecule has 0 aliphatic rings. The first-order valence-corrected chi connectivity index (χ1v) is 13.2. The minimum absolute atomic E-state index is 0.0393. The number of phenolic OH excluding ortho intramolecular Hbond substituents is 1. The molecule has 0 amide bonds. The Kier molecular flexibility index (Phi) is 6.81. The van der Waals surface area contributed by atoms with E-state index in [1.165, 1.54) is 61.5 Å². The molecule has 0 spiro atoms. The average molecular weight is 514 g/mol. The maximum atomic E-state index is 13.4. The first kappa shape index (κ1) is 24.4. The number of phenols is 1. The summed E-state index contributed by atoms with van der Waals surface area (Å²) in [6.07, 6.45) is 0. The molecular weight excluding hydrogens is 493 g/mol. The fourth-order valence-corrected chi connectivity index (χ4v) is 6.17. The number of hydrogen-bond acceptors (Lipinski definition) is 5. The Morgan fingerprint density at radius 1 is 0.844 bits per heavy atom. The molecule has 3 aromatic rings. The number of rotatable bonds is 6. The molecule has 0 aromatic heterocycles. The molecule has 0 heterocycles. The van der Waals surface area contributed by atoms with E-state index in [1.807, 2.05) is 0 Å². The molecule has 0 atom stereocenters. The van der Waals surface area contributed by atoms with E-state index in [1.54, 1.807) is 13.8 Å². The molecule has 0 fully saturated rings. The van der Waals surface area contributed by atoms with Crippen LogP contribution in [0.4, 0.5) is 5.69 Å². The van der Waals surface area contributed by atoms with Crippen LogP contribution in [-0.2, 0) is 19.9 Å². The molecule has 170 valence electrons. The fraction of sp³-hybridized carbons (Fsp3) is 0.182. The Morgan fingerprint density at radius 3 is 1.78 bits per heavy atom. The van der Waals surface area contributed by atoms with Crippen molar-refractivity contribution in [2.45, 2.75) is 41.4 Å². The van der Waals surface area contributed by atoms with Crippen LogP contribution in [0.2, 0.25) is 10.0 Å². The lowest BCUT2D eigenvalue weighted by atomic mass is 9.99. The predicted molar refractivity (Wildman–Crippen MR) is 126 cm³/mol. The second-order valence-electron chi connectivity index (χ2n) is 7.49. The summed E-state index contributed by atoms with van der Waals surface area (Å²) in [4.78, 5) is -0.477. The molecule has 0 unspecified atom stereocenters. The van der Waals surface area contributed by atoms with E-state index < -0.39 is 25.6 Å². The van der Waals surface area contributed by atoms with Crippen molar-refractivity contribution in [2.24, 2.45) is 0 Å². The Balaban J connectivity index is 2.22. The molecule has 0 saturated heterocycles. The molecule has 3 rings (SSSR count). The lowest BCUT2D eigenvalue weighted by Crippen LogP contribution is -2.16. The van der Waals surface area contributed by atoms with Crippen LogP contribution in [0.5, 0.6) is 5.75 Å². The average Bonchev–Trinajstić information content (AvgIpc) is 2.70. The van der Waals surface area contributed by atoms with Gasteiger partial charge in [-0.1, -0.05) is 37.0 Å². The molecule has 0 radical (unpaired) electrons. The van der Waals surface area contributed by atoms with Crippen LogP contribution >= 0.6 is 23.2 Å². The Bertz CT molecular complexity index is 1370. The van der Waals surface area contributed by atoms with Crippen LogP contribution in [0, 0.1) is 6.92 Å². The number of hydrogen-bond donors (Lipinski definition) is 2. The summed E-state index contributed by atoms with van der Waals surface area (Å²) < 4.78 is 55.1. The topological polar surface area (TPSA) is 101 Å². The number of aromatic hydroxyl groups is 1. The van der Waals surface area contributed by atoms with Gasteiger partial charge in [0.05, 0.1) is 15.5 Å². The number of halogens is 2. The molecule has 10 heteroatoms. The van der Waals surface area contributed by atoms with E-state index in [0.29, 0.717) is 10.0 Å². The van der Waals surface area contributed by atoms with Gasteiger partial charge in [-0.15, -0.1) is 0 Å². The van der Waals surface area contributed by atoms with E-state index >= 15 is 0 Å². The third-order valence-corrected chi connectivity index (χ3v) is 8.73. The molecule has 0 bridgehead atoms. The van der Waals surface area contributed by atoms with Crippen molar-refractivity contribution in [3.63, 3.8) is 0 Å². The van der Waals surface area contributed by atoms with Gasteiger partial charge in [0.25, 0.3) is 10.0 Å². The lowest BCUT2D eigenvalue weighted by Gasteiger charge is -2.20. The second-order valence-corrected chi connectivity index (χ2v) is 11.9. The van der Waals surface area contributed by atoms with Crippen molar-refractivity contribution in [1.82, 2.24) is 0 Å². The van der Waals surface area contributed by atoms with E-state index in [2.05, 4.69) is 4.72 Å². The number of sulfone groups is 1. The molecule has 6 nitrogen and oxygen atoms in total. The Hall–Kier alpha value is -2.26. The summed E-state index contributed by atoms with van der Waals surface area (Å²) in [5.74, 6) is -0.699. The minimum atomic E-state index is -4.18. The fourth-order valence-electron chi connectivity index (χ4n) is 3.19. The Morgan fingerprint density at radius 2 is 1.31 bits per heavy atom. The maximum absolute atomic E-state index is 13.4. The highest BCUT2D eigenvalue weighted by Gasteiger charge is 2.30. The summed E-state index contributed by atoms with van der Waals surface area (Å²) in [5, 5.41) is 11.6. The van der Waals surface area contributed by atoms with Crippen molar-refractivity contribution in [2.75, 3.05) is 4.72 Å². The first-order valence-electron chi connectivity index (χ1n) is 9.50. The van der Waals surface area contributed by atoms with Crippen molar-refractivity contribution in [1.29, 1.82) is 0 Å². The van der Waals surface area contributed by atoms with Gasteiger partial charge in [0.1, 0.15) is 10.6 Å². The number of anilines is 1. The first-order chi connectivity index (χ1) is 14.8. The van der Waals surface area contributed by atoms with Gasteiger partial charge in [-0.3, -0.25) is 4.72 Å². The molecule has 2 N–H and O–H groups in total. The molecule has 0 aliphatic carbocycles. The number of sulfonamides is 1. The highest BCUT2D eigenvalue weighted by Crippen LogP contribution is 2.41. The molecule has 32 heavy (non-hydrogen) atoms. The summed E-state index contributed by atoms with van der Waals surface area (Å²) in [6.45, 7) is 4.97. The van der Waals surface area contributed by atoms with E-state index in [9.17, 15) is 21.9 Å². The van der Waals surface area contributed by atoms with Gasteiger partial charge in [0.15, 0.2) is 0 Å². The quantitative estimate of drug-likeness (QED) is 0.407. The van der Waals surface area contributed by atoms with E-state index in [0.717, 1.165) is 0 Å². The summed E-state index contributed by atoms with van der Waals surface area (Å²) in [5.41, 5.74) is 0.408. The van der Waals surface area contributed by atoms with Crippen LogP contribution < -0.4 is 4.72 Å². The largest absolute Gasteiger partial charge is 0.506 e. The monoisotopic (exact) mass is 513 g/mol. The third-order valence-electron chi connectivity index (χ3n) is 4.92.